The summed E-state index contributed by atoms with van der Waals surface area (Å²) in [6.07, 6.45) is 3.92. The molecule has 0 spiro atoms. The Balaban J connectivity index is 3.68. The molecule has 2 atom stereocenters. The molecule has 0 aromatic rings. The summed E-state index contributed by atoms with van der Waals surface area (Å²) in [4.78, 5) is 0. The van der Waals surface area contributed by atoms with Crippen LogP contribution >= 0.6 is 0 Å². The fraction of sp³-hybridized carbons (Fsp3) is 1.00. The molecule has 0 aliphatic rings. The van der Waals surface area contributed by atoms with E-state index in [1.165, 1.54) is 19.3 Å². The molecule has 0 radical (unpaired) electrons. The first kappa shape index (κ1) is 12.0. The molecule has 12 heavy (non-hydrogen) atoms. The Morgan fingerprint density at radius 1 is 1.17 bits per heavy atom. The Bertz CT molecular complexity index is 99.2. The van der Waals surface area contributed by atoms with E-state index >= 15 is 0 Å². The van der Waals surface area contributed by atoms with E-state index in [2.05, 4.69) is 40.1 Å². The average Bonchev–Trinajstić information content (AvgIpc) is 2.03. The molecule has 0 aliphatic carbocycles. The lowest BCUT2D eigenvalue weighted by Crippen LogP contribution is -2.28. The monoisotopic (exact) mass is 171 g/mol. The predicted octanol–water partition coefficient (Wildman–Crippen LogP) is 3.06. The molecule has 0 saturated carbocycles. The molecule has 1 heteroatoms. The highest BCUT2D eigenvalue weighted by Gasteiger charge is 2.12. The second-order valence-corrected chi connectivity index (χ2v) is 4.23. The molecule has 0 amide bonds. The zero-order chi connectivity index (χ0) is 9.56. The van der Waals surface area contributed by atoms with E-state index in [0.717, 1.165) is 17.9 Å². The topological polar surface area (TPSA) is 12.0 Å². The lowest BCUT2D eigenvalue weighted by molar-refractivity contribution is 0.329. The molecule has 1 N–H and O–H groups in total. The van der Waals surface area contributed by atoms with Crippen LogP contribution in [0.5, 0.6) is 0 Å². The first-order chi connectivity index (χ1) is 5.61. The van der Waals surface area contributed by atoms with Gasteiger partial charge in [0.15, 0.2) is 0 Å². The van der Waals surface area contributed by atoms with Gasteiger partial charge in [0.05, 0.1) is 0 Å². The van der Waals surface area contributed by atoms with Crippen molar-refractivity contribution in [3.05, 3.63) is 0 Å². The average molecular weight is 171 g/mol. The fourth-order valence-electron chi connectivity index (χ4n) is 1.45. The van der Waals surface area contributed by atoms with Crippen LogP contribution < -0.4 is 5.32 Å². The molecule has 0 heterocycles. The van der Waals surface area contributed by atoms with Gasteiger partial charge in [-0.25, -0.2) is 0 Å². The molecule has 0 aliphatic heterocycles. The first-order valence-electron chi connectivity index (χ1n) is 5.29. The zero-order valence-electron chi connectivity index (χ0n) is 9.35. The van der Waals surface area contributed by atoms with Gasteiger partial charge >= 0.3 is 0 Å². The highest BCUT2D eigenvalue weighted by molar-refractivity contribution is 4.69. The molecule has 0 bridgehead atoms. The van der Waals surface area contributed by atoms with Crippen LogP contribution in [-0.4, -0.2) is 13.1 Å². The van der Waals surface area contributed by atoms with Crippen molar-refractivity contribution in [2.75, 3.05) is 7.05 Å². The number of nitrogens with one attached hydrogen (secondary N) is 1. The lowest BCUT2D eigenvalue weighted by Gasteiger charge is -2.22. The molecule has 74 valence electrons. The quantitative estimate of drug-likeness (QED) is 0.647. The van der Waals surface area contributed by atoms with Crippen molar-refractivity contribution in [3.63, 3.8) is 0 Å². The molecule has 0 aromatic carbocycles. The minimum absolute atomic E-state index is 0.729. The SMILES string of the molecule is CCCC(CC(C)C(C)C)NC. The molecule has 1 nitrogen and oxygen atoms in total. The van der Waals surface area contributed by atoms with E-state index in [1.54, 1.807) is 0 Å². The van der Waals surface area contributed by atoms with Crippen molar-refractivity contribution in [3.8, 4) is 0 Å². The highest BCUT2D eigenvalue weighted by Crippen LogP contribution is 2.17. The summed E-state index contributed by atoms with van der Waals surface area (Å²) in [6.45, 7) is 9.22. The van der Waals surface area contributed by atoms with E-state index in [1.807, 2.05) is 0 Å². The van der Waals surface area contributed by atoms with Crippen LogP contribution in [0.25, 0.3) is 0 Å². The van der Waals surface area contributed by atoms with Crippen molar-refractivity contribution in [1.29, 1.82) is 0 Å². The second-order valence-electron chi connectivity index (χ2n) is 4.23. The third-order valence-corrected chi connectivity index (χ3v) is 2.84. The molecule has 0 rings (SSSR count). The standard InChI is InChI=1S/C11H25N/c1-6-7-11(12-5)8-10(4)9(2)3/h9-12H,6-8H2,1-5H3. The number of rotatable bonds is 6. The van der Waals surface area contributed by atoms with Gasteiger partial charge in [0.2, 0.25) is 0 Å². The largest absolute Gasteiger partial charge is 0.317 e. The Morgan fingerprint density at radius 3 is 2.08 bits per heavy atom. The molecule has 0 saturated heterocycles. The summed E-state index contributed by atoms with van der Waals surface area (Å²) in [6, 6.07) is 0.729. The predicted molar refractivity (Wildman–Crippen MR) is 56.4 cm³/mol. The first-order valence-corrected chi connectivity index (χ1v) is 5.29. The molecular weight excluding hydrogens is 146 g/mol. The van der Waals surface area contributed by atoms with E-state index in [0.29, 0.717) is 0 Å². The van der Waals surface area contributed by atoms with Crippen molar-refractivity contribution in [2.24, 2.45) is 11.8 Å². The van der Waals surface area contributed by atoms with Crippen molar-refractivity contribution in [2.45, 2.75) is 53.0 Å². The third kappa shape index (κ3) is 4.76. The lowest BCUT2D eigenvalue weighted by atomic mass is 9.90. The van der Waals surface area contributed by atoms with Crippen LogP contribution in [0.3, 0.4) is 0 Å². The maximum absolute atomic E-state index is 3.39. The van der Waals surface area contributed by atoms with Gasteiger partial charge < -0.3 is 5.32 Å². The summed E-state index contributed by atoms with van der Waals surface area (Å²) in [7, 11) is 2.08. The summed E-state index contributed by atoms with van der Waals surface area (Å²) in [5.41, 5.74) is 0. The molecular formula is C11H25N. The van der Waals surface area contributed by atoms with Gasteiger partial charge in [-0.15, -0.1) is 0 Å². The van der Waals surface area contributed by atoms with E-state index in [4.69, 9.17) is 0 Å². The fourth-order valence-corrected chi connectivity index (χ4v) is 1.45. The molecule has 2 unspecified atom stereocenters. The Kier molecular flexibility index (Phi) is 6.45. The van der Waals surface area contributed by atoms with Gasteiger partial charge in [0.25, 0.3) is 0 Å². The van der Waals surface area contributed by atoms with Crippen molar-refractivity contribution < 1.29 is 0 Å². The summed E-state index contributed by atoms with van der Waals surface area (Å²) >= 11 is 0. The van der Waals surface area contributed by atoms with Crippen LogP contribution in [0.2, 0.25) is 0 Å². The Hall–Kier alpha value is -0.0400. The van der Waals surface area contributed by atoms with Crippen LogP contribution in [0.4, 0.5) is 0 Å². The maximum Gasteiger partial charge on any atom is 0.00665 e. The van der Waals surface area contributed by atoms with Crippen LogP contribution in [0.15, 0.2) is 0 Å². The van der Waals surface area contributed by atoms with Gasteiger partial charge in [-0.3, -0.25) is 0 Å². The highest BCUT2D eigenvalue weighted by atomic mass is 14.9. The van der Waals surface area contributed by atoms with Gasteiger partial charge in [0, 0.05) is 6.04 Å². The van der Waals surface area contributed by atoms with Crippen LogP contribution in [-0.2, 0) is 0 Å². The molecule has 0 aromatic heterocycles. The van der Waals surface area contributed by atoms with Crippen LogP contribution in [0, 0.1) is 11.8 Å². The minimum Gasteiger partial charge on any atom is -0.317 e. The Morgan fingerprint density at radius 2 is 1.75 bits per heavy atom. The number of hydrogen-bond donors (Lipinski definition) is 1. The summed E-state index contributed by atoms with van der Waals surface area (Å²) in [5.74, 6) is 1.66. The van der Waals surface area contributed by atoms with Crippen molar-refractivity contribution >= 4 is 0 Å². The smallest absolute Gasteiger partial charge is 0.00665 e. The Labute approximate surface area is 77.9 Å². The zero-order valence-corrected chi connectivity index (χ0v) is 9.35. The van der Waals surface area contributed by atoms with Crippen LogP contribution in [0.1, 0.15) is 47.0 Å². The molecule has 0 fully saturated rings. The normalized spacial score (nSPS) is 16.5. The van der Waals surface area contributed by atoms with E-state index in [-0.39, 0.29) is 0 Å². The number of hydrogen-bond acceptors (Lipinski definition) is 1. The van der Waals surface area contributed by atoms with Gasteiger partial charge in [-0.1, -0.05) is 34.1 Å². The van der Waals surface area contributed by atoms with E-state index in [9.17, 15) is 0 Å². The maximum atomic E-state index is 3.39. The summed E-state index contributed by atoms with van der Waals surface area (Å²) < 4.78 is 0. The minimum atomic E-state index is 0.729. The van der Waals surface area contributed by atoms with Gasteiger partial charge in [0.1, 0.15) is 0 Å². The van der Waals surface area contributed by atoms with E-state index < -0.39 is 0 Å². The second kappa shape index (κ2) is 6.47. The summed E-state index contributed by atoms with van der Waals surface area (Å²) in [5, 5.41) is 3.39. The van der Waals surface area contributed by atoms with Gasteiger partial charge in [-0.2, -0.15) is 0 Å². The van der Waals surface area contributed by atoms with Crippen molar-refractivity contribution in [1.82, 2.24) is 5.32 Å². The third-order valence-electron chi connectivity index (χ3n) is 2.84. The van der Waals surface area contributed by atoms with Gasteiger partial charge in [-0.05, 0) is 31.7 Å².